The molecule has 3 aromatic carbocycles. The number of hydrogen-bond donors (Lipinski definition) is 0. The lowest BCUT2D eigenvalue weighted by Crippen LogP contribution is -1.96. The SMILES string of the molecule is Cc1ccc(-c2c(-c3ccc(S(C)(=O)=O)cc3)oc3ccccc3c2=S)cc1. The minimum Gasteiger partial charge on any atom is -0.455 e. The summed E-state index contributed by atoms with van der Waals surface area (Å²) in [6.07, 6.45) is 1.20. The van der Waals surface area contributed by atoms with Crippen molar-refractivity contribution in [1.82, 2.24) is 0 Å². The molecule has 0 saturated heterocycles. The molecule has 0 aliphatic rings. The van der Waals surface area contributed by atoms with Crippen LogP contribution < -0.4 is 0 Å². The molecule has 5 heteroatoms. The van der Waals surface area contributed by atoms with Gasteiger partial charge in [0.15, 0.2) is 9.84 Å². The van der Waals surface area contributed by atoms with Crippen molar-refractivity contribution in [2.45, 2.75) is 11.8 Å². The van der Waals surface area contributed by atoms with Crippen molar-refractivity contribution >= 4 is 33.0 Å². The number of hydrogen-bond acceptors (Lipinski definition) is 4. The highest BCUT2D eigenvalue weighted by molar-refractivity contribution is 7.90. The van der Waals surface area contributed by atoms with Gasteiger partial charge in [0.25, 0.3) is 0 Å². The van der Waals surface area contributed by atoms with Crippen LogP contribution in [0.2, 0.25) is 0 Å². The molecule has 28 heavy (non-hydrogen) atoms. The molecule has 0 bridgehead atoms. The Morgan fingerprint density at radius 1 is 0.821 bits per heavy atom. The molecule has 0 amide bonds. The van der Waals surface area contributed by atoms with Gasteiger partial charge >= 0.3 is 0 Å². The van der Waals surface area contributed by atoms with E-state index >= 15 is 0 Å². The molecule has 1 heterocycles. The Balaban J connectivity index is 2.03. The quantitative estimate of drug-likeness (QED) is 0.380. The lowest BCUT2D eigenvalue weighted by molar-refractivity contribution is 0.601. The zero-order chi connectivity index (χ0) is 19.9. The standard InChI is InChI=1S/C23H18O3S2/c1-15-7-9-16(10-8-15)21-22(17-11-13-18(14-12-17)28(2,24)25)26-20-6-4-3-5-19(20)23(21)27/h3-14H,1-2H3. The van der Waals surface area contributed by atoms with E-state index < -0.39 is 9.84 Å². The lowest BCUT2D eigenvalue weighted by atomic mass is 9.98. The third kappa shape index (κ3) is 3.39. The lowest BCUT2D eigenvalue weighted by Gasteiger charge is -2.12. The molecular formula is C23H18O3S2. The molecule has 0 aliphatic carbocycles. The summed E-state index contributed by atoms with van der Waals surface area (Å²) in [7, 11) is -3.26. The molecule has 0 saturated carbocycles. The van der Waals surface area contributed by atoms with Crippen LogP contribution in [0.25, 0.3) is 33.4 Å². The van der Waals surface area contributed by atoms with E-state index in [2.05, 4.69) is 0 Å². The zero-order valence-electron chi connectivity index (χ0n) is 15.5. The molecule has 3 nitrogen and oxygen atoms in total. The van der Waals surface area contributed by atoms with Crippen LogP contribution in [0.15, 0.2) is 82.1 Å². The highest BCUT2D eigenvalue weighted by Gasteiger charge is 2.16. The van der Waals surface area contributed by atoms with Crippen LogP contribution in [0.1, 0.15) is 5.56 Å². The summed E-state index contributed by atoms with van der Waals surface area (Å²) in [6, 6.07) is 22.5. The Bertz CT molecular complexity index is 1330. The fraction of sp³-hybridized carbons (Fsp3) is 0.0870. The van der Waals surface area contributed by atoms with Gasteiger partial charge < -0.3 is 4.42 Å². The van der Waals surface area contributed by atoms with Gasteiger partial charge in [0.2, 0.25) is 0 Å². The van der Waals surface area contributed by atoms with E-state index in [0.717, 1.165) is 27.6 Å². The van der Waals surface area contributed by atoms with Crippen molar-refractivity contribution in [2.75, 3.05) is 6.26 Å². The first kappa shape index (κ1) is 18.6. The topological polar surface area (TPSA) is 47.3 Å². The van der Waals surface area contributed by atoms with Gasteiger partial charge in [-0.05, 0) is 48.9 Å². The fourth-order valence-corrected chi connectivity index (χ4v) is 4.19. The van der Waals surface area contributed by atoms with Gasteiger partial charge in [-0.2, -0.15) is 0 Å². The first-order chi connectivity index (χ1) is 13.3. The molecule has 0 radical (unpaired) electrons. The van der Waals surface area contributed by atoms with Crippen LogP contribution in [-0.2, 0) is 9.84 Å². The number of aryl methyl sites for hydroxylation is 1. The molecular weight excluding hydrogens is 388 g/mol. The Morgan fingerprint density at radius 3 is 2.07 bits per heavy atom. The summed E-state index contributed by atoms with van der Waals surface area (Å²) < 4.78 is 30.5. The Kier molecular flexibility index (Phi) is 4.65. The summed E-state index contributed by atoms with van der Waals surface area (Å²) in [6.45, 7) is 2.04. The Hall–Kier alpha value is -2.76. The van der Waals surface area contributed by atoms with Crippen molar-refractivity contribution in [2.24, 2.45) is 0 Å². The molecule has 4 aromatic rings. The predicted molar refractivity (Wildman–Crippen MR) is 116 cm³/mol. The molecule has 0 atom stereocenters. The zero-order valence-corrected chi connectivity index (χ0v) is 17.1. The van der Waals surface area contributed by atoms with Gasteiger partial charge in [-0.25, -0.2) is 8.42 Å². The van der Waals surface area contributed by atoms with Gasteiger partial charge in [0, 0.05) is 22.8 Å². The van der Waals surface area contributed by atoms with Crippen LogP contribution in [0.5, 0.6) is 0 Å². The van der Waals surface area contributed by atoms with Crippen LogP contribution in [-0.4, -0.2) is 14.7 Å². The number of benzene rings is 3. The van der Waals surface area contributed by atoms with E-state index in [4.69, 9.17) is 16.6 Å². The summed E-state index contributed by atoms with van der Waals surface area (Å²) in [5, 5.41) is 0.879. The largest absolute Gasteiger partial charge is 0.455 e. The van der Waals surface area contributed by atoms with E-state index in [1.54, 1.807) is 24.3 Å². The number of fused-ring (bicyclic) bond motifs is 1. The number of sulfone groups is 1. The van der Waals surface area contributed by atoms with Crippen molar-refractivity contribution in [3.05, 3.63) is 82.9 Å². The van der Waals surface area contributed by atoms with Crippen LogP contribution >= 0.6 is 12.2 Å². The van der Waals surface area contributed by atoms with Gasteiger partial charge in [0.05, 0.1) is 9.41 Å². The average Bonchev–Trinajstić information content (AvgIpc) is 2.68. The van der Waals surface area contributed by atoms with E-state index in [9.17, 15) is 8.42 Å². The van der Waals surface area contributed by atoms with Crippen LogP contribution in [0.3, 0.4) is 0 Å². The minimum absolute atomic E-state index is 0.271. The number of rotatable bonds is 3. The van der Waals surface area contributed by atoms with Crippen molar-refractivity contribution in [3.63, 3.8) is 0 Å². The second-order valence-corrected chi connectivity index (χ2v) is 9.22. The maximum atomic E-state index is 11.8. The van der Waals surface area contributed by atoms with E-state index in [1.807, 2.05) is 55.5 Å². The van der Waals surface area contributed by atoms with Crippen molar-refractivity contribution in [3.8, 4) is 22.5 Å². The van der Waals surface area contributed by atoms with Gasteiger partial charge in [-0.15, -0.1) is 0 Å². The van der Waals surface area contributed by atoms with E-state index in [1.165, 1.54) is 6.26 Å². The first-order valence-electron chi connectivity index (χ1n) is 8.78. The minimum atomic E-state index is -3.26. The molecule has 0 fully saturated rings. The normalized spacial score (nSPS) is 11.6. The molecule has 0 aliphatic heterocycles. The molecule has 1 aromatic heterocycles. The van der Waals surface area contributed by atoms with Crippen LogP contribution in [0.4, 0.5) is 0 Å². The first-order valence-corrected chi connectivity index (χ1v) is 11.1. The second kappa shape index (κ2) is 7.00. The van der Waals surface area contributed by atoms with Gasteiger partial charge in [0.1, 0.15) is 11.3 Å². The highest BCUT2D eigenvalue weighted by atomic mass is 32.2. The van der Waals surface area contributed by atoms with Crippen molar-refractivity contribution in [1.29, 1.82) is 0 Å². The highest BCUT2D eigenvalue weighted by Crippen LogP contribution is 2.37. The maximum absolute atomic E-state index is 11.8. The van der Waals surface area contributed by atoms with Gasteiger partial charge in [-0.3, -0.25) is 0 Å². The Labute approximate surface area is 169 Å². The third-order valence-corrected chi connectivity index (χ3v) is 6.24. The second-order valence-electron chi connectivity index (χ2n) is 6.79. The summed E-state index contributed by atoms with van der Waals surface area (Å²) in [5.74, 6) is 0.632. The predicted octanol–water partition coefficient (Wildman–Crippen LogP) is 6.21. The molecule has 140 valence electrons. The number of para-hydroxylation sites is 1. The molecule has 4 rings (SSSR count). The van der Waals surface area contributed by atoms with Gasteiger partial charge in [-0.1, -0.05) is 54.2 Å². The average molecular weight is 407 g/mol. The fourth-order valence-electron chi connectivity index (χ4n) is 3.18. The molecule has 0 spiro atoms. The summed E-state index contributed by atoms with van der Waals surface area (Å²) in [5.41, 5.74) is 4.44. The van der Waals surface area contributed by atoms with Crippen LogP contribution in [0, 0.1) is 11.4 Å². The smallest absolute Gasteiger partial charge is 0.175 e. The maximum Gasteiger partial charge on any atom is 0.175 e. The molecule has 0 N–H and O–H groups in total. The van der Waals surface area contributed by atoms with E-state index in [-0.39, 0.29) is 4.90 Å². The third-order valence-electron chi connectivity index (χ3n) is 4.68. The summed E-state index contributed by atoms with van der Waals surface area (Å²) in [4.78, 5) is 0.271. The molecule has 0 unspecified atom stereocenters. The Morgan fingerprint density at radius 2 is 1.43 bits per heavy atom. The van der Waals surface area contributed by atoms with E-state index in [0.29, 0.717) is 15.9 Å². The van der Waals surface area contributed by atoms with Crippen molar-refractivity contribution < 1.29 is 12.8 Å². The summed E-state index contributed by atoms with van der Waals surface area (Å²) >= 11 is 5.83. The monoisotopic (exact) mass is 406 g/mol.